The second-order valence-corrected chi connectivity index (χ2v) is 3.15. The summed E-state index contributed by atoms with van der Waals surface area (Å²) in [5.74, 6) is -0.858. The number of rotatable bonds is 7. The lowest BCUT2D eigenvalue weighted by Gasteiger charge is -2.13. The number of carboxylic acids is 1. The van der Waals surface area contributed by atoms with Crippen LogP contribution in [-0.4, -0.2) is 49.3 Å². The molecule has 0 atom stereocenters. The SMILES string of the molecule is CCOCCN(C)C/C=C(/C)C(=O)O. The van der Waals surface area contributed by atoms with E-state index in [9.17, 15) is 4.79 Å². The Kier molecular flexibility index (Phi) is 7.06. The van der Waals surface area contributed by atoms with Gasteiger partial charge in [0.2, 0.25) is 0 Å². The third-order valence-corrected chi connectivity index (χ3v) is 1.87. The molecule has 1 N–H and O–H groups in total. The first-order valence-electron chi connectivity index (χ1n) is 4.74. The Labute approximate surface area is 85.2 Å². The summed E-state index contributed by atoms with van der Waals surface area (Å²) >= 11 is 0. The van der Waals surface area contributed by atoms with E-state index in [1.165, 1.54) is 0 Å². The van der Waals surface area contributed by atoms with Gasteiger partial charge in [-0.25, -0.2) is 4.79 Å². The highest BCUT2D eigenvalue weighted by atomic mass is 16.5. The molecule has 4 heteroatoms. The minimum absolute atomic E-state index is 0.383. The van der Waals surface area contributed by atoms with Gasteiger partial charge in [0.15, 0.2) is 0 Å². The van der Waals surface area contributed by atoms with Crippen molar-refractivity contribution in [3.05, 3.63) is 11.6 Å². The molecule has 82 valence electrons. The number of aliphatic carboxylic acids is 1. The Bertz CT molecular complexity index is 202. The van der Waals surface area contributed by atoms with Crippen LogP contribution >= 0.6 is 0 Å². The quantitative estimate of drug-likeness (QED) is 0.493. The third-order valence-electron chi connectivity index (χ3n) is 1.87. The molecule has 14 heavy (non-hydrogen) atoms. The summed E-state index contributed by atoms with van der Waals surface area (Å²) in [6.07, 6.45) is 1.70. The highest BCUT2D eigenvalue weighted by molar-refractivity contribution is 5.85. The fourth-order valence-electron chi connectivity index (χ4n) is 0.836. The summed E-state index contributed by atoms with van der Waals surface area (Å²) in [6, 6.07) is 0. The molecule has 0 bridgehead atoms. The topological polar surface area (TPSA) is 49.8 Å². The molecule has 0 spiro atoms. The molecule has 0 rings (SSSR count). The summed E-state index contributed by atoms with van der Waals surface area (Å²) in [7, 11) is 1.94. The lowest BCUT2D eigenvalue weighted by atomic mass is 10.3. The van der Waals surface area contributed by atoms with Gasteiger partial charge in [-0.15, -0.1) is 0 Å². The van der Waals surface area contributed by atoms with Gasteiger partial charge < -0.3 is 14.7 Å². The van der Waals surface area contributed by atoms with Crippen LogP contribution in [-0.2, 0) is 9.53 Å². The normalized spacial score (nSPS) is 12.1. The maximum Gasteiger partial charge on any atom is 0.330 e. The fourth-order valence-corrected chi connectivity index (χ4v) is 0.836. The van der Waals surface area contributed by atoms with Crippen molar-refractivity contribution in [3.8, 4) is 0 Å². The molecule has 0 saturated heterocycles. The molecule has 0 saturated carbocycles. The Balaban J connectivity index is 3.67. The Morgan fingerprint density at radius 1 is 1.57 bits per heavy atom. The summed E-state index contributed by atoms with van der Waals surface area (Å²) in [4.78, 5) is 12.5. The van der Waals surface area contributed by atoms with Crippen molar-refractivity contribution in [1.82, 2.24) is 4.90 Å². The van der Waals surface area contributed by atoms with Gasteiger partial charge in [-0.05, 0) is 20.9 Å². The monoisotopic (exact) mass is 201 g/mol. The van der Waals surface area contributed by atoms with Crippen LogP contribution in [0.2, 0.25) is 0 Å². The van der Waals surface area contributed by atoms with Crippen molar-refractivity contribution >= 4 is 5.97 Å². The summed E-state index contributed by atoms with van der Waals surface area (Å²) in [5, 5.41) is 8.60. The van der Waals surface area contributed by atoms with E-state index in [0.29, 0.717) is 18.7 Å². The molecule has 0 unspecified atom stereocenters. The van der Waals surface area contributed by atoms with E-state index in [-0.39, 0.29) is 0 Å². The summed E-state index contributed by atoms with van der Waals surface area (Å²) in [6.45, 7) is 6.42. The number of hydrogen-bond donors (Lipinski definition) is 1. The van der Waals surface area contributed by atoms with Gasteiger partial charge in [-0.2, -0.15) is 0 Å². The number of hydrogen-bond acceptors (Lipinski definition) is 3. The van der Waals surface area contributed by atoms with Crippen molar-refractivity contribution in [2.75, 3.05) is 33.4 Å². The third kappa shape index (κ3) is 6.62. The van der Waals surface area contributed by atoms with Gasteiger partial charge in [-0.1, -0.05) is 6.08 Å². The van der Waals surface area contributed by atoms with Crippen LogP contribution in [0.1, 0.15) is 13.8 Å². The second kappa shape index (κ2) is 7.53. The molecule has 4 nitrogen and oxygen atoms in total. The molecular formula is C10H19NO3. The maximum absolute atomic E-state index is 10.5. The molecule has 0 aliphatic heterocycles. The zero-order chi connectivity index (χ0) is 11.0. The highest BCUT2D eigenvalue weighted by Crippen LogP contribution is 1.93. The first-order chi connectivity index (χ1) is 6.57. The van der Waals surface area contributed by atoms with Crippen LogP contribution in [0, 0.1) is 0 Å². The lowest BCUT2D eigenvalue weighted by molar-refractivity contribution is -0.132. The van der Waals surface area contributed by atoms with Gasteiger partial charge in [0.1, 0.15) is 0 Å². The van der Waals surface area contributed by atoms with Crippen LogP contribution in [0.15, 0.2) is 11.6 Å². The van der Waals surface area contributed by atoms with Gasteiger partial charge in [0.25, 0.3) is 0 Å². The molecule has 0 aromatic rings. The van der Waals surface area contributed by atoms with Crippen molar-refractivity contribution in [3.63, 3.8) is 0 Å². The molecule has 0 radical (unpaired) electrons. The van der Waals surface area contributed by atoms with Crippen molar-refractivity contribution in [2.45, 2.75) is 13.8 Å². The Morgan fingerprint density at radius 2 is 2.21 bits per heavy atom. The minimum atomic E-state index is -0.858. The van der Waals surface area contributed by atoms with E-state index in [4.69, 9.17) is 9.84 Å². The number of carbonyl (C=O) groups is 1. The van der Waals surface area contributed by atoms with Crippen molar-refractivity contribution in [1.29, 1.82) is 0 Å². The van der Waals surface area contributed by atoms with Crippen LogP contribution in [0.25, 0.3) is 0 Å². The van der Waals surface area contributed by atoms with E-state index in [1.54, 1.807) is 13.0 Å². The Hall–Kier alpha value is -0.870. The molecule has 0 fully saturated rings. The average Bonchev–Trinajstić information content (AvgIpc) is 2.14. The van der Waals surface area contributed by atoms with Gasteiger partial charge >= 0.3 is 5.97 Å². The smallest absolute Gasteiger partial charge is 0.330 e. The molecule has 0 aliphatic carbocycles. The highest BCUT2D eigenvalue weighted by Gasteiger charge is 2.00. The Morgan fingerprint density at radius 3 is 2.71 bits per heavy atom. The second-order valence-electron chi connectivity index (χ2n) is 3.15. The van der Waals surface area contributed by atoms with Crippen LogP contribution in [0.3, 0.4) is 0 Å². The first kappa shape index (κ1) is 13.1. The van der Waals surface area contributed by atoms with Crippen molar-refractivity contribution in [2.24, 2.45) is 0 Å². The predicted molar refractivity (Wildman–Crippen MR) is 55.4 cm³/mol. The zero-order valence-corrected chi connectivity index (χ0v) is 9.12. The first-order valence-corrected chi connectivity index (χ1v) is 4.74. The van der Waals surface area contributed by atoms with Crippen LogP contribution in [0.5, 0.6) is 0 Å². The van der Waals surface area contributed by atoms with E-state index in [0.717, 1.165) is 13.2 Å². The molecule has 0 aromatic heterocycles. The molecule has 0 aromatic carbocycles. The molecule has 0 aliphatic rings. The molecular weight excluding hydrogens is 182 g/mol. The van der Waals surface area contributed by atoms with E-state index in [1.807, 2.05) is 18.9 Å². The van der Waals surface area contributed by atoms with E-state index < -0.39 is 5.97 Å². The number of likely N-dealkylation sites (N-methyl/N-ethyl adjacent to an activating group) is 1. The van der Waals surface area contributed by atoms with Crippen LogP contribution < -0.4 is 0 Å². The minimum Gasteiger partial charge on any atom is -0.478 e. The van der Waals surface area contributed by atoms with Gasteiger partial charge in [0, 0.05) is 25.3 Å². The number of nitrogens with zero attached hydrogens (tertiary/aromatic N) is 1. The van der Waals surface area contributed by atoms with E-state index >= 15 is 0 Å². The van der Waals surface area contributed by atoms with E-state index in [2.05, 4.69) is 0 Å². The molecule has 0 heterocycles. The summed E-state index contributed by atoms with van der Waals surface area (Å²) in [5.41, 5.74) is 0.383. The maximum atomic E-state index is 10.5. The fraction of sp³-hybridized carbons (Fsp3) is 0.700. The standard InChI is InChI=1S/C10H19NO3/c1-4-14-8-7-11(3)6-5-9(2)10(12)13/h5H,4,6-8H2,1-3H3,(H,12,13)/b9-5-. The zero-order valence-electron chi connectivity index (χ0n) is 9.12. The van der Waals surface area contributed by atoms with Crippen LogP contribution in [0.4, 0.5) is 0 Å². The van der Waals surface area contributed by atoms with Gasteiger partial charge in [-0.3, -0.25) is 0 Å². The molecule has 0 amide bonds. The van der Waals surface area contributed by atoms with Gasteiger partial charge in [0.05, 0.1) is 6.61 Å². The summed E-state index contributed by atoms with van der Waals surface area (Å²) < 4.78 is 5.18. The largest absolute Gasteiger partial charge is 0.478 e. The number of carboxylic acid groups (broad SMARTS) is 1. The predicted octanol–water partition coefficient (Wildman–Crippen LogP) is 0.986. The average molecular weight is 201 g/mol. The lowest BCUT2D eigenvalue weighted by Crippen LogP contribution is -2.23. The van der Waals surface area contributed by atoms with Crippen molar-refractivity contribution < 1.29 is 14.6 Å². The number of ether oxygens (including phenoxy) is 1.